The van der Waals surface area contributed by atoms with E-state index < -0.39 is 5.97 Å². The summed E-state index contributed by atoms with van der Waals surface area (Å²) >= 11 is 0. The number of nitrogens with zero attached hydrogens (tertiary/aromatic N) is 3. The average Bonchev–Trinajstić information content (AvgIpc) is 2.90. The summed E-state index contributed by atoms with van der Waals surface area (Å²) in [7, 11) is 0. The van der Waals surface area contributed by atoms with E-state index in [0.717, 1.165) is 24.3 Å². The Morgan fingerprint density at radius 3 is 3.00 bits per heavy atom. The van der Waals surface area contributed by atoms with Crippen LogP contribution in [0.1, 0.15) is 49.3 Å². The summed E-state index contributed by atoms with van der Waals surface area (Å²) in [6, 6.07) is 4.40. The Hall–Kier alpha value is -1.88. The number of rotatable bonds is 4. The van der Waals surface area contributed by atoms with E-state index in [1.54, 1.807) is 18.3 Å². The molecule has 1 atom stereocenters. The second-order valence-electron chi connectivity index (χ2n) is 6.38. The van der Waals surface area contributed by atoms with Crippen molar-refractivity contribution in [3.05, 3.63) is 35.9 Å². The van der Waals surface area contributed by atoms with Crippen LogP contribution in [-0.4, -0.2) is 44.0 Å². The summed E-state index contributed by atoms with van der Waals surface area (Å²) in [6.45, 7) is 5.66. The highest BCUT2D eigenvalue weighted by Crippen LogP contribution is 2.23. The molecule has 0 radical (unpaired) electrons. The van der Waals surface area contributed by atoms with E-state index >= 15 is 0 Å². The molecule has 5 nitrogen and oxygen atoms in total. The molecule has 118 valence electrons. The van der Waals surface area contributed by atoms with Gasteiger partial charge in [-0.2, -0.15) is 0 Å². The zero-order valence-corrected chi connectivity index (χ0v) is 13.2. The summed E-state index contributed by atoms with van der Waals surface area (Å²) in [5.41, 5.74) is 1.15. The van der Waals surface area contributed by atoms with Gasteiger partial charge >= 0.3 is 5.97 Å². The van der Waals surface area contributed by atoms with E-state index in [1.807, 2.05) is 10.6 Å². The van der Waals surface area contributed by atoms with Gasteiger partial charge in [0.2, 0.25) is 0 Å². The van der Waals surface area contributed by atoms with Gasteiger partial charge in [0.05, 0.1) is 17.3 Å². The second kappa shape index (κ2) is 6.08. The lowest BCUT2D eigenvalue weighted by atomic mass is 9.97. The van der Waals surface area contributed by atoms with Crippen LogP contribution in [0.25, 0.3) is 5.52 Å². The summed E-state index contributed by atoms with van der Waals surface area (Å²) in [6.07, 6.45) is 8.27. The summed E-state index contributed by atoms with van der Waals surface area (Å²) in [5, 5.41) is 9.07. The predicted molar refractivity (Wildman–Crippen MR) is 85.3 cm³/mol. The molecule has 1 saturated heterocycles. The van der Waals surface area contributed by atoms with Crippen molar-refractivity contribution in [1.82, 2.24) is 14.3 Å². The number of carboxylic acids is 1. The van der Waals surface area contributed by atoms with Crippen LogP contribution in [0.15, 0.2) is 24.5 Å². The molecule has 3 rings (SSSR count). The first kappa shape index (κ1) is 15.0. The number of carbonyl (C=O) groups is 1. The molecular weight excluding hydrogens is 278 g/mol. The fourth-order valence-corrected chi connectivity index (χ4v) is 3.47. The molecule has 1 aliphatic rings. The van der Waals surface area contributed by atoms with Gasteiger partial charge in [0.1, 0.15) is 5.82 Å². The van der Waals surface area contributed by atoms with Crippen molar-refractivity contribution in [2.24, 2.45) is 0 Å². The van der Waals surface area contributed by atoms with Crippen molar-refractivity contribution in [2.75, 3.05) is 6.54 Å². The van der Waals surface area contributed by atoms with Gasteiger partial charge in [-0.3, -0.25) is 4.90 Å². The van der Waals surface area contributed by atoms with Crippen LogP contribution < -0.4 is 0 Å². The first-order valence-electron chi connectivity index (χ1n) is 8.01. The molecule has 0 amide bonds. The van der Waals surface area contributed by atoms with E-state index in [9.17, 15) is 4.79 Å². The quantitative estimate of drug-likeness (QED) is 0.943. The van der Waals surface area contributed by atoms with E-state index in [0.29, 0.717) is 17.6 Å². The Morgan fingerprint density at radius 1 is 1.45 bits per heavy atom. The summed E-state index contributed by atoms with van der Waals surface area (Å²) in [5.74, 6) is 0.119. The molecule has 2 aromatic rings. The van der Waals surface area contributed by atoms with E-state index in [4.69, 9.17) is 5.11 Å². The predicted octanol–water partition coefficient (Wildman–Crippen LogP) is 2.84. The number of pyridine rings is 1. The minimum Gasteiger partial charge on any atom is -0.478 e. The number of fused-ring (bicyclic) bond motifs is 1. The lowest BCUT2D eigenvalue weighted by Gasteiger charge is -2.38. The van der Waals surface area contributed by atoms with Crippen molar-refractivity contribution >= 4 is 11.5 Å². The van der Waals surface area contributed by atoms with Gasteiger partial charge in [0, 0.05) is 24.7 Å². The number of aromatic carboxylic acids is 1. The lowest BCUT2D eigenvalue weighted by Crippen LogP contribution is -2.45. The van der Waals surface area contributed by atoms with Crippen LogP contribution in [0.5, 0.6) is 0 Å². The maximum Gasteiger partial charge on any atom is 0.335 e. The first-order chi connectivity index (χ1) is 10.6. The monoisotopic (exact) mass is 301 g/mol. The molecule has 0 aliphatic carbocycles. The van der Waals surface area contributed by atoms with Gasteiger partial charge in [0.15, 0.2) is 0 Å². The maximum atomic E-state index is 11.0. The average molecular weight is 301 g/mol. The molecule has 0 saturated carbocycles. The van der Waals surface area contributed by atoms with Crippen LogP contribution in [0.4, 0.5) is 0 Å². The number of aromatic nitrogens is 2. The number of hydrogen-bond donors (Lipinski definition) is 1. The third-order valence-electron chi connectivity index (χ3n) is 4.61. The number of piperidine rings is 1. The van der Waals surface area contributed by atoms with Gasteiger partial charge in [0.25, 0.3) is 0 Å². The van der Waals surface area contributed by atoms with Gasteiger partial charge in [-0.25, -0.2) is 9.78 Å². The summed E-state index contributed by atoms with van der Waals surface area (Å²) in [4.78, 5) is 18.1. The van der Waals surface area contributed by atoms with Crippen molar-refractivity contribution in [2.45, 2.75) is 51.6 Å². The molecule has 22 heavy (non-hydrogen) atoms. The Kier molecular flexibility index (Phi) is 4.16. The zero-order valence-electron chi connectivity index (χ0n) is 13.2. The zero-order chi connectivity index (χ0) is 15.7. The highest BCUT2D eigenvalue weighted by Gasteiger charge is 2.25. The highest BCUT2D eigenvalue weighted by molar-refractivity contribution is 5.88. The molecule has 0 bridgehead atoms. The first-order valence-corrected chi connectivity index (χ1v) is 8.01. The Balaban J connectivity index is 1.85. The van der Waals surface area contributed by atoms with E-state index in [2.05, 4.69) is 23.7 Å². The van der Waals surface area contributed by atoms with Crippen LogP contribution in [-0.2, 0) is 6.42 Å². The van der Waals surface area contributed by atoms with Crippen LogP contribution in [0.3, 0.4) is 0 Å². The standard InChI is InChI=1S/C17H23N3O2/c1-12(2)19-7-4-3-5-14(19)10-16-18-11-15-9-13(17(21)22)6-8-20(15)16/h6,8-9,11-12,14H,3-5,7,10H2,1-2H3,(H,21,22). The molecule has 1 aliphatic heterocycles. The van der Waals surface area contributed by atoms with Crippen LogP contribution >= 0.6 is 0 Å². The lowest BCUT2D eigenvalue weighted by molar-refractivity contribution is 0.0697. The number of hydrogen-bond acceptors (Lipinski definition) is 3. The maximum absolute atomic E-state index is 11.0. The molecule has 1 fully saturated rings. The molecule has 5 heteroatoms. The van der Waals surface area contributed by atoms with Crippen molar-refractivity contribution < 1.29 is 9.90 Å². The van der Waals surface area contributed by atoms with E-state index in [-0.39, 0.29) is 0 Å². The number of imidazole rings is 1. The molecular formula is C17H23N3O2. The summed E-state index contributed by atoms with van der Waals surface area (Å²) < 4.78 is 2.01. The number of carboxylic acid groups (broad SMARTS) is 1. The van der Waals surface area contributed by atoms with Crippen LogP contribution in [0, 0.1) is 0 Å². The molecule has 3 heterocycles. The third-order valence-corrected chi connectivity index (χ3v) is 4.61. The second-order valence-corrected chi connectivity index (χ2v) is 6.38. The number of likely N-dealkylation sites (tertiary alicyclic amines) is 1. The highest BCUT2D eigenvalue weighted by atomic mass is 16.4. The Morgan fingerprint density at radius 2 is 2.27 bits per heavy atom. The molecule has 0 aromatic carbocycles. The SMILES string of the molecule is CC(C)N1CCCCC1Cc1ncc2cc(C(=O)O)ccn12. The molecule has 2 aromatic heterocycles. The smallest absolute Gasteiger partial charge is 0.335 e. The third kappa shape index (κ3) is 2.86. The molecule has 1 N–H and O–H groups in total. The van der Waals surface area contributed by atoms with Crippen LogP contribution in [0.2, 0.25) is 0 Å². The Labute approximate surface area is 130 Å². The van der Waals surface area contributed by atoms with Crippen molar-refractivity contribution in [3.63, 3.8) is 0 Å². The minimum atomic E-state index is -0.900. The fourth-order valence-electron chi connectivity index (χ4n) is 3.47. The molecule has 0 spiro atoms. The van der Waals surface area contributed by atoms with Gasteiger partial charge < -0.3 is 9.51 Å². The largest absolute Gasteiger partial charge is 0.478 e. The van der Waals surface area contributed by atoms with Gasteiger partial charge in [-0.1, -0.05) is 6.42 Å². The van der Waals surface area contributed by atoms with Crippen molar-refractivity contribution in [1.29, 1.82) is 0 Å². The van der Waals surface area contributed by atoms with Crippen molar-refractivity contribution in [3.8, 4) is 0 Å². The van der Waals surface area contributed by atoms with Gasteiger partial charge in [-0.15, -0.1) is 0 Å². The topological polar surface area (TPSA) is 57.8 Å². The minimum absolute atomic E-state index is 0.306. The molecule has 1 unspecified atom stereocenters. The fraction of sp³-hybridized carbons (Fsp3) is 0.529. The van der Waals surface area contributed by atoms with E-state index in [1.165, 1.54) is 19.3 Å². The normalized spacial score (nSPS) is 19.9. The van der Waals surface area contributed by atoms with Gasteiger partial charge in [-0.05, 0) is 45.4 Å². The Bertz CT molecular complexity index is 678.